The average Bonchev–Trinajstić information content (AvgIpc) is 2.38. The summed E-state index contributed by atoms with van der Waals surface area (Å²) in [6.45, 7) is 2.19. The third kappa shape index (κ3) is 2.45. The highest BCUT2D eigenvalue weighted by Gasteiger charge is 2.14. The van der Waals surface area contributed by atoms with Crippen LogP contribution in [-0.4, -0.2) is 9.97 Å². The van der Waals surface area contributed by atoms with Gasteiger partial charge in [0.25, 0.3) is 0 Å². The monoisotopic (exact) mass is 212 g/mol. The molecule has 0 saturated carbocycles. The van der Waals surface area contributed by atoms with E-state index in [4.69, 9.17) is 0 Å². The fourth-order valence-corrected chi connectivity index (χ4v) is 1.90. The Hall–Kier alpha value is -1.70. The quantitative estimate of drug-likeness (QED) is 0.776. The van der Waals surface area contributed by atoms with Gasteiger partial charge >= 0.3 is 0 Å². The Balaban J connectivity index is 2.31. The van der Waals surface area contributed by atoms with Crippen LogP contribution in [0.5, 0.6) is 0 Å². The molecular weight excluding hydrogens is 196 g/mol. The van der Waals surface area contributed by atoms with Crippen LogP contribution in [0.15, 0.2) is 48.8 Å². The zero-order valence-corrected chi connectivity index (χ0v) is 9.50. The molecule has 0 bridgehead atoms. The lowest BCUT2D eigenvalue weighted by Gasteiger charge is -2.14. The fourth-order valence-electron chi connectivity index (χ4n) is 1.90. The molecule has 0 radical (unpaired) electrons. The van der Waals surface area contributed by atoms with Crippen molar-refractivity contribution in [3.05, 3.63) is 60.2 Å². The Morgan fingerprint density at radius 2 is 1.50 bits per heavy atom. The van der Waals surface area contributed by atoms with Crippen LogP contribution in [0.2, 0.25) is 0 Å². The molecule has 2 nitrogen and oxygen atoms in total. The first kappa shape index (κ1) is 10.8. The summed E-state index contributed by atoms with van der Waals surface area (Å²) in [7, 11) is 0. The number of hydrogen-bond acceptors (Lipinski definition) is 2. The van der Waals surface area contributed by atoms with Crippen LogP contribution >= 0.6 is 0 Å². The van der Waals surface area contributed by atoms with Gasteiger partial charge in [-0.15, -0.1) is 0 Å². The van der Waals surface area contributed by atoms with E-state index in [1.165, 1.54) is 0 Å². The number of rotatable bonds is 4. The molecule has 0 aliphatic heterocycles. The van der Waals surface area contributed by atoms with Crippen LogP contribution < -0.4 is 0 Å². The molecule has 2 heteroatoms. The molecular formula is C14H16N2. The summed E-state index contributed by atoms with van der Waals surface area (Å²) in [6.07, 6.45) is 5.92. The van der Waals surface area contributed by atoms with Crippen LogP contribution in [0.25, 0.3) is 0 Å². The van der Waals surface area contributed by atoms with Crippen molar-refractivity contribution >= 4 is 0 Å². The molecule has 0 aliphatic rings. The van der Waals surface area contributed by atoms with E-state index < -0.39 is 0 Å². The van der Waals surface area contributed by atoms with Crippen molar-refractivity contribution in [2.24, 2.45) is 0 Å². The van der Waals surface area contributed by atoms with Crippen molar-refractivity contribution < 1.29 is 0 Å². The summed E-state index contributed by atoms with van der Waals surface area (Å²) in [4.78, 5) is 8.87. The molecule has 0 unspecified atom stereocenters. The second-order valence-corrected chi connectivity index (χ2v) is 3.85. The van der Waals surface area contributed by atoms with Gasteiger partial charge in [0, 0.05) is 29.7 Å². The zero-order chi connectivity index (χ0) is 11.2. The van der Waals surface area contributed by atoms with E-state index >= 15 is 0 Å². The van der Waals surface area contributed by atoms with Crippen LogP contribution in [0.1, 0.15) is 37.1 Å². The van der Waals surface area contributed by atoms with E-state index in [2.05, 4.69) is 29.0 Å². The Bertz CT molecular complexity index is 372. The van der Waals surface area contributed by atoms with Crippen molar-refractivity contribution in [3.8, 4) is 0 Å². The smallest absolute Gasteiger partial charge is 0.0494 e. The van der Waals surface area contributed by atoms with Gasteiger partial charge in [0.05, 0.1) is 0 Å². The molecule has 0 spiro atoms. The maximum Gasteiger partial charge on any atom is 0.0494 e. The van der Waals surface area contributed by atoms with E-state index in [9.17, 15) is 0 Å². The third-order valence-electron chi connectivity index (χ3n) is 2.67. The van der Waals surface area contributed by atoms with Gasteiger partial charge in [0.2, 0.25) is 0 Å². The molecule has 2 rings (SSSR count). The molecule has 2 aromatic heterocycles. The molecule has 0 amide bonds. The van der Waals surface area contributed by atoms with Gasteiger partial charge < -0.3 is 0 Å². The third-order valence-corrected chi connectivity index (χ3v) is 2.67. The molecule has 2 heterocycles. The molecule has 16 heavy (non-hydrogen) atoms. The van der Waals surface area contributed by atoms with Crippen LogP contribution in [-0.2, 0) is 0 Å². The highest BCUT2D eigenvalue weighted by molar-refractivity contribution is 5.22. The number of pyridine rings is 2. The highest BCUT2D eigenvalue weighted by atomic mass is 14.7. The minimum Gasteiger partial charge on any atom is -0.261 e. The normalized spacial score (nSPS) is 10.6. The second kappa shape index (κ2) is 5.40. The molecule has 0 fully saturated rings. The maximum absolute atomic E-state index is 4.43. The minimum atomic E-state index is 0.326. The van der Waals surface area contributed by atoms with Crippen molar-refractivity contribution in [2.45, 2.75) is 25.7 Å². The standard InChI is InChI=1S/C14H16N2/c1-2-7-12(13-8-3-5-10-15-13)14-9-4-6-11-16-14/h3-6,8-12H,2,7H2,1H3. The summed E-state index contributed by atoms with van der Waals surface area (Å²) >= 11 is 0. The summed E-state index contributed by atoms with van der Waals surface area (Å²) in [5, 5.41) is 0. The first-order valence-electron chi connectivity index (χ1n) is 5.73. The fraction of sp³-hybridized carbons (Fsp3) is 0.286. The Labute approximate surface area is 96.4 Å². The lowest BCUT2D eigenvalue weighted by Crippen LogP contribution is -2.04. The largest absolute Gasteiger partial charge is 0.261 e. The van der Waals surface area contributed by atoms with Gasteiger partial charge in [0.15, 0.2) is 0 Å². The predicted octanol–water partition coefficient (Wildman–Crippen LogP) is 3.41. The number of nitrogens with zero attached hydrogens (tertiary/aromatic N) is 2. The predicted molar refractivity (Wildman–Crippen MR) is 65.2 cm³/mol. The summed E-state index contributed by atoms with van der Waals surface area (Å²) < 4.78 is 0. The zero-order valence-electron chi connectivity index (χ0n) is 9.50. The van der Waals surface area contributed by atoms with Crippen LogP contribution in [0, 0.1) is 0 Å². The lowest BCUT2D eigenvalue weighted by molar-refractivity contribution is 0.663. The van der Waals surface area contributed by atoms with Gasteiger partial charge in [-0.1, -0.05) is 25.5 Å². The highest BCUT2D eigenvalue weighted by Crippen LogP contribution is 2.25. The van der Waals surface area contributed by atoms with Gasteiger partial charge in [0.1, 0.15) is 0 Å². The van der Waals surface area contributed by atoms with Crippen molar-refractivity contribution in [1.29, 1.82) is 0 Å². The lowest BCUT2D eigenvalue weighted by atomic mass is 9.95. The first-order valence-corrected chi connectivity index (χ1v) is 5.73. The Kier molecular flexibility index (Phi) is 3.65. The SMILES string of the molecule is CCCC(c1ccccn1)c1ccccn1. The van der Waals surface area contributed by atoms with Crippen molar-refractivity contribution in [1.82, 2.24) is 9.97 Å². The summed E-state index contributed by atoms with van der Waals surface area (Å²) in [5.41, 5.74) is 2.23. The maximum atomic E-state index is 4.43. The molecule has 0 aromatic carbocycles. The van der Waals surface area contributed by atoms with Crippen molar-refractivity contribution in [2.75, 3.05) is 0 Å². The second-order valence-electron chi connectivity index (χ2n) is 3.85. The van der Waals surface area contributed by atoms with E-state index in [0.717, 1.165) is 24.2 Å². The van der Waals surface area contributed by atoms with Gasteiger partial charge in [-0.3, -0.25) is 9.97 Å². The Morgan fingerprint density at radius 1 is 0.938 bits per heavy atom. The van der Waals surface area contributed by atoms with Crippen LogP contribution in [0.4, 0.5) is 0 Å². The van der Waals surface area contributed by atoms with E-state index in [0.29, 0.717) is 5.92 Å². The summed E-state index contributed by atoms with van der Waals surface area (Å²) in [6, 6.07) is 12.1. The van der Waals surface area contributed by atoms with Crippen LogP contribution in [0.3, 0.4) is 0 Å². The molecule has 0 atom stereocenters. The van der Waals surface area contributed by atoms with E-state index in [1.54, 1.807) is 0 Å². The van der Waals surface area contributed by atoms with E-state index in [1.807, 2.05) is 36.7 Å². The molecule has 0 aliphatic carbocycles. The molecule has 0 saturated heterocycles. The average molecular weight is 212 g/mol. The first-order chi connectivity index (χ1) is 7.92. The molecule has 2 aromatic rings. The number of aromatic nitrogens is 2. The summed E-state index contributed by atoms with van der Waals surface area (Å²) in [5.74, 6) is 0.326. The topological polar surface area (TPSA) is 25.8 Å². The molecule has 0 N–H and O–H groups in total. The van der Waals surface area contributed by atoms with Gasteiger partial charge in [-0.05, 0) is 30.7 Å². The van der Waals surface area contributed by atoms with Gasteiger partial charge in [-0.2, -0.15) is 0 Å². The minimum absolute atomic E-state index is 0.326. The van der Waals surface area contributed by atoms with Crippen molar-refractivity contribution in [3.63, 3.8) is 0 Å². The number of hydrogen-bond donors (Lipinski definition) is 0. The van der Waals surface area contributed by atoms with E-state index in [-0.39, 0.29) is 0 Å². The van der Waals surface area contributed by atoms with Gasteiger partial charge in [-0.25, -0.2) is 0 Å². The molecule has 82 valence electrons. The Morgan fingerprint density at radius 3 is 1.88 bits per heavy atom.